The van der Waals surface area contributed by atoms with Crippen LogP contribution in [-0.2, 0) is 38.2 Å². The highest BCUT2D eigenvalue weighted by atomic mass is 16.6. The zero-order valence-corrected chi connectivity index (χ0v) is 33.9. The number of fused-ring (bicyclic) bond motifs is 2. The van der Waals surface area contributed by atoms with Crippen LogP contribution in [0.25, 0.3) is 0 Å². The molecule has 0 aromatic rings. The second-order valence-corrected chi connectivity index (χ2v) is 19.1. The number of carboxylic acid groups (broad SMARTS) is 1. The molecular formula is C45H68O9. The topological polar surface area (TPSA) is 133 Å². The summed E-state index contributed by atoms with van der Waals surface area (Å²) >= 11 is 0. The highest BCUT2D eigenvalue weighted by Gasteiger charge is 2.78. The van der Waals surface area contributed by atoms with Gasteiger partial charge in [0.1, 0.15) is 0 Å². The summed E-state index contributed by atoms with van der Waals surface area (Å²) in [6.45, 7) is 13.0. The molecule has 54 heavy (non-hydrogen) atoms. The van der Waals surface area contributed by atoms with Crippen molar-refractivity contribution in [3.63, 3.8) is 0 Å². The molecule has 13 atom stereocenters. The van der Waals surface area contributed by atoms with E-state index in [-0.39, 0.29) is 65.5 Å². The first kappa shape index (κ1) is 41.1. The van der Waals surface area contributed by atoms with Gasteiger partial charge in [-0.3, -0.25) is 24.0 Å². The van der Waals surface area contributed by atoms with E-state index in [4.69, 9.17) is 14.2 Å². The predicted octanol–water partition coefficient (Wildman–Crippen LogP) is 9.25. The van der Waals surface area contributed by atoms with Crippen LogP contribution in [0.1, 0.15) is 157 Å². The number of carbonyl (C=O) groups excluding carboxylic acids is 4. The van der Waals surface area contributed by atoms with Gasteiger partial charge in [-0.1, -0.05) is 98.1 Å². The fourth-order valence-electron chi connectivity index (χ4n) is 13.4. The molecule has 0 aromatic heterocycles. The smallest absolute Gasteiger partial charge is 0.318 e. The van der Waals surface area contributed by atoms with Gasteiger partial charge in [0.05, 0.1) is 41.8 Å². The van der Waals surface area contributed by atoms with Gasteiger partial charge in [-0.25, -0.2) is 0 Å². The standard InChI is InChI=1S/C45H68O9/c1-7-9-11-13-15-18-29(20-19-28(17-14-12-10-8-2)30-26-34(46)53-39(30)47)52-38-35(27(3)4)31-25-33-43(5)22-16-23-44(6,42(50)51)32(43)21-24-45(33,38)37-36(31)40(48)54-41(37)49/h14,17,27-33,35-38H,7-13,15-16,18-26H2,1-6H3,(H,50,51)/b17-14+. The van der Waals surface area contributed by atoms with E-state index in [0.29, 0.717) is 32.1 Å². The minimum Gasteiger partial charge on any atom is -0.481 e. The number of cyclic esters (lactones) is 4. The Morgan fingerprint density at radius 2 is 1.63 bits per heavy atom. The average molecular weight is 753 g/mol. The quantitative estimate of drug-likeness (QED) is 0.0630. The van der Waals surface area contributed by atoms with Gasteiger partial charge >= 0.3 is 29.8 Å². The molecule has 13 unspecified atom stereocenters. The molecule has 0 radical (unpaired) electrons. The van der Waals surface area contributed by atoms with Crippen LogP contribution in [0.3, 0.4) is 0 Å². The van der Waals surface area contributed by atoms with Crippen LogP contribution < -0.4 is 0 Å². The second kappa shape index (κ2) is 16.5. The first-order chi connectivity index (χ1) is 25.7. The molecule has 9 nitrogen and oxygen atoms in total. The summed E-state index contributed by atoms with van der Waals surface area (Å²) in [5.74, 6) is -3.95. The normalized spacial score (nSPS) is 39.7. The Balaban J connectivity index is 1.37. The van der Waals surface area contributed by atoms with Gasteiger partial charge in [0.2, 0.25) is 0 Å². The monoisotopic (exact) mass is 752 g/mol. The van der Waals surface area contributed by atoms with E-state index in [9.17, 15) is 29.1 Å². The fourth-order valence-corrected chi connectivity index (χ4v) is 13.4. The molecule has 5 saturated carbocycles. The molecule has 7 fully saturated rings. The summed E-state index contributed by atoms with van der Waals surface area (Å²) < 4.78 is 18.2. The van der Waals surface area contributed by atoms with Crippen LogP contribution in [0, 0.1) is 69.5 Å². The summed E-state index contributed by atoms with van der Waals surface area (Å²) in [5.41, 5.74) is -1.79. The lowest BCUT2D eigenvalue weighted by Gasteiger charge is -2.72. The maximum atomic E-state index is 14.0. The van der Waals surface area contributed by atoms with Crippen LogP contribution in [-0.4, -0.2) is 47.2 Å². The zero-order chi connectivity index (χ0) is 39.0. The first-order valence-electron chi connectivity index (χ1n) is 21.8. The summed E-state index contributed by atoms with van der Waals surface area (Å²) in [6.07, 6.45) is 19.4. The van der Waals surface area contributed by atoms with Gasteiger partial charge in [0.15, 0.2) is 0 Å². The van der Waals surface area contributed by atoms with Crippen LogP contribution in [0.4, 0.5) is 0 Å². The Kier molecular flexibility index (Phi) is 12.6. The number of aliphatic carboxylic acids is 1. The van der Waals surface area contributed by atoms with Crippen molar-refractivity contribution in [3.8, 4) is 0 Å². The number of rotatable bonds is 18. The van der Waals surface area contributed by atoms with Gasteiger partial charge in [0, 0.05) is 5.41 Å². The third kappa shape index (κ3) is 7.15. The zero-order valence-electron chi connectivity index (χ0n) is 33.9. The summed E-state index contributed by atoms with van der Waals surface area (Å²) in [5, 5.41) is 10.6. The van der Waals surface area contributed by atoms with Crippen LogP contribution in [0.2, 0.25) is 0 Å². The average Bonchev–Trinajstić information content (AvgIpc) is 3.63. The highest BCUT2D eigenvalue weighted by Crippen LogP contribution is 2.76. The lowest BCUT2D eigenvalue weighted by molar-refractivity contribution is -0.296. The number of carboxylic acids is 1. The maximum absolute atomic E-state index is 14.0. The van der Waals surface area contributed by atoms with Gasteiger partial charge < -0.3 is 19.3 Å². The summed E-state index contributed by atoms with van der Waals surface area (Å²) in [7, 11) is 0. The maximum Gasteiger partial charge on any atom is 0.318 e. The van der Waals surface area contributed by atoms with Crippen molar-refractivity contribution in [2.45, 2.75) is 169 Å². The van der Waals surface area contributed by atoms with Crippen molar-refractivity contribution in [1.82, 2.24) is 0 Å². The highest BCUT2D eigenvalue weighted by molar-refractivity contribution is 5.98. The molecule has 302 valence electrons. The minimum absolute atomic E-state index is 0.0283. The van der Waals surface area contributed by atoms with Crippen molar-refractivity contribution in [2.75, 3.05) is 0 Å². The van der Waals surface area contributed by atoms with Gasteiger partial charge in [-0.15, -0.1) is 0 Å². The predicted molar refractivity (Wildman–Crippen MR) is 203 cm³/mol. The van der Waals surface area contributed by atoms with E-state index >= 15 is 0 Å². The fraction of sp³-hybridized carbons (Fsp3) is 0.844. The van der Waals surface area contributed by atoms with E-state index < -0.39 is 52.5 Å². The SMILES string of the molecule is CCCC/C=C/C(CCC(CCCCCCC)OC1C(C(C)C)C2CC3C4(C)CCCC(C)(C(=O)O)C4CCC13C1C(=O)OC(=O)C21)C1CC(=O)OC1=O. The molecule has 2 heterocycles. The van der Waals surface area contributed by atoms with Gasteiger partial charge in [-0.05, 0) is 106 Å². The molecular weight excluding hydrogens is 684 g/mol. The molecule has 0 amide bonds. The molecule has 1 spiro atoms. The van der Waals surface area contributed by atoms with Crippen molar-refractivity contribution >= 4 is 29.8 Å². The first-order valence-corrected chi connectivity index (χ1v) is 21.8. The molecule has 1 N–H and O–H groups in total. The minimum atomic E-state index is -0.839. The van der Waals surface area contributed by atoms with Gasteiger partial charge in [-0.2, -0.15) is 0 Å². The second-order valence-electron chi connectivity index (χ2n) is 19.1. The van der Waals surface area contributed by atoms with Crippen LogP contribution in [0.5, 0.6) is 0 Å². The van der Waals surface area contributed by atoms with E-state index in [1.807, 2.05) is 6.92 Å². The molecule has 2 aliphatic heterocycles. The molecule has 9 heteroatoms. The van der Waals surface area contributed by atoms with Gasteiger partial charge in [0.25, 0.3) is 0 Å². The molecule has 2 bridgehead atoms. The van der Waals surface area contributed by atoms with Crippen molar-refractivity contribution in [1.29, 1.82) is 0 Å². The number of esters is 4. The summed E-state index contributed by atoms with van der Waals surface area (Å²) in [6, 6.07) is 0. The van der Waals surface area contributed by atoms with E-state index in [2.05, 4.69) is 46.8 Å². The lowest BCUT2D eigenvalue weighted by Crippen LogP contribution is -2.73. The number of unbranched alkanes of at least 4 members (excludes halogenated alkanes) is 6. The van der Waals surface area contributed by atoms with Crippen LogP contribution >= 0.6 is 0 Å². The third-order valence-electron chi connectivity index (χ3n) is 15.9. The largest absolute Gasteiger partial charge is 0.481 e. The lowest BCUT2D eigenvalue weighted by atomic mass is 9.31. The molecule has 2 saturated heterocycles. The molecule has 7 rings (SSSR count). The molecule has 7 aliphatic rings. The van der Waals surface area contributed by atoms with Crippen molar-refractivity contribution < 1.29 is 43.3 Å². The third-order valence-corrected chi connectivity index (χ3v) is 15.9. The Bertz CT molecular complexity index is 1450. The van der Waals surface area contributed by atoms with E-state index in [0.717, 1.165) is 70.6 Å². The number of hydrogen-bond donors (Lipinski definition) is 1. The van der Waals surface area contributed by atoms with Crippen molar-refractivity contribution in [3.05, 3.63) is 12.2 Å². The Morgan fingerprint density at radius 3 is 2.30 bits per heavy atom. The van der Waals surface area contributed by atoms with E-state index in [1.165, 1.54) is 6.42 Å². The molecule has 5 aliphatic carbocycles. The number of hydrogen-bond acceptors (Lipinski definition) is 8. The van der Waals surface area contributed by atoms with Crippen LogP contribution in [0.15, 0.2) is 12.2 Å². The number of allylic oxidation sites excluding steroid dienone is 2. The Morgan fingerprint density at radius 1 is 0.889 bits per heavy atom. The number of ether oxygens (including phenoxy) is 3. The number of carbonyl (C=O) groups is 5. The Labute approximate surface area is 323 Å². The Hall–Kier alpha value is -2.55. The van der Waals surface area contributed by atoms with E-state index in [1.54, 1.807) is 0 Å². The summed E-state index contributed by atoms with van der Waals surface area (Å²) in [4.78, 5) is 65.7. The molecule has 0 aromatic carbocycles. The van der Waals surface area contributed by atoms with Crippen molar-refractivity contribution in [2.24, 2.45) is 69.5 Å².